The summed E-state index contributed by atoms with van der Waals surface area (Å²) in [4.78, 5) is 8.54. The molecule has 21 heavy (non-hydrogen) atoms. The smallest absolute Gasteiger partial charge is 0.151 e. The number of rotatable bonds is 3. The number of aryl methyl sites for hydroxylation is 1. The second-order valence-corrected chi connectivity index (χ2v) is 4.96. The fraction of sp³-hybridized carbons (Fsp3) is 0.0625. The number of nitrogens with one attached hydrogen (secondary N) is 1. The molecule has 104 valence electrons. The van der Waals surface area contributed by atoms with Crippen molar-refractivity contribution < 1.29 is 0 Å². The van der Waals surface area contributed by atoms with Gasteiger partial charge in [-0.2, -0.15) is 0 Å². The molecule has 0 bridgehead atoms. The van der Waals surface area contributed by atoms with Gasteiger partial charge in [0.05, 0.1) is 11.3 Å². The lowest BCUT2D eigenvalue weighted by Gasteiger charge is -2.01. The minimum atomic E-state index is 0.666. The van der Waals surface area contributed by atoms with E-state index in [1.807, 2.05) is 60.1 Å². The quantitative estimate of drug-likeness (QED) is 0.586. The fourth-order valence-electron chi connectivity index (χ4n) is 2.03. The minimum Gasteiger partial charge on any atom is -0.297 e. The Hall–Kier alpha value is -2.53. The van der Waals surface area contributed by atoms with Gasteiger partial charge in [-0.25, -0.2) is 14.7 Å². The van der Waals surface area contributed by atoms with Gasteiger partial charge in [-0.1, -0.05) is 36.5 Å². The van der Waals surface area contributed by atoms with Crippen LogP contribution in [0.4, 0.5) is 5.82 Å². The summed E-state index contributed by atoms with van der Waals surface area (Å²) in [5.74, 6) is 0.666. The van der Waals surface area contributed by atoms with Crippen molar-refractivity contribution in [1.29, 1.82) is 0 Å². The van der Waals surface area contributed by atoms with E-state index in [0.717, 1.165) is 16.9 Å². The lowest BCUT2D eigenvalue weighted by atomic mass is 10.3. The second kappa shape index (κ2) is 5.85. The van der Waals surface area contributed by atoms with Crippen LogP contribution in [0.15, 0.2) is 59.7 Å². The van der Waals surface area contributed by atoms with Crippen LogP contribution in [0.1, 0.15) is 11.3 Å². The van der Waals surface area contributed by atoms with Crippen molar-refractivity contribution in [2.24, 2.45) is 4.99 Å². The first-order valence-corrected chi connectivity index (χ1v) is 6.98. The topological polar surface area (TPSA) is 46.0 Å². The zero-order valence-corrected chi connectivity index (χ0v) is 12.3. The summed E-state index contributed by atoms with van der Waals surface area (Å²) < 4.78 is 2.59. The molecular weight excluding hydrogens is 280 g/mol. The van der Waals surface area contributed by atoms with Crippen LogP contribution in [0.3, 0.4) is 0 Å². The normalized spacial score (nSPS) is 11.1. The predicted octanol–water partition coefficient (Wildman–Crippen LogP) is 3.99. The van der Waals surface area contributed by atoms with Gasteiger partial charge in [-0.05, 0) is 31.2 Å². The monoisotopic (exact) mass is 294 g/mol. The summed E-state index contributed by atoms with van der Waals surface area (Å²) in [7, 11) is 0. The Morgan fingerprint density at radius 2 is 1.90 bits per heavy atom. The molecule has 0 saturated carbocycles. The molecule has 2 aromatic heterocycles. The zero-order valence-electron chi connectivity index (χ0n) is 11.5. The molecular formula is C16H14N4S. The highest BCUT2D eigenvalue weighted by Gasteiger charge is 2.07. The molecule has 3 aromatic rings. The van der Waals surface area contributed by atoms with Crippen LogP contribution in [0.5, 0.6) is 0 Å². The Balaban J connectivity index is 2.00. The van der Waals surface area contributed by atoms with Crippen LogP contribution in [-0.4, -0.2) is 21.0 Å². The van der Waals surface area contributed by atoms with E-state index in [9.17, 15) is 0 Å². The standard InChI is InChI=1S/C16H14N4S/c1-12-14(11-18-15-9-5-6-10-17-15)16(21)20(19-12)13-7-3-2-4-8-13/h2-11,19H,1H3/b18-11+. The number of H-pyrrole nitrogens is 1. The lowest BCUT2D eigenvalue weighted by molar-refractivity contribution is 0.853. The SMILES string of the molecule is Cc1[nH]n(-c2ccccc2)c(=S)c1/C=N/c1ccccn1. The predicted molar refractivity (Wildman–Crippen MR) is 87.2 cm³/mol. The Bertz CT molecular complexity index is 816. The number of aromatic nitrogens is 3. The molecule has 3 rings (SSSR count). The average Bonchev–Trinajstić information content (AvgIpc) is 2.82. The molecule has 4 nitrogen and oxygen atoms in total. The summed E-state index contributed by atoms with van der Waals surface area (Å²) in [6.45, 7) is 1.98. The average molecular weight is 294 g/mol. The van der Waals surface area contributed by atoms with Crippen molar-refractivity contribution in [2.45, 2.75) is 6.92 Å². The van der Waals surface area contributed by atoms with Crippen LogP contribution >= 0.6 is 12.2 Å². The number of aromatic amines is 1. The van der Waals surface area contributed by atoms with E-state index in [1.54, 1.807) is 12.4 Å². The van der Waals surface area contributed by atoms with Crippen molar-refractivity contribution in [3.63, 3.8) is 0 Å². The number of aliphatic imine (C=N–C) groups is 1. The van der Waals surface area contributed by atoms with Gasteiger partial charge in [-0.3, -0.25) is 5.10 Å². The van der Waals surface area contributed by atoms with Gasteiger partial charge in [0.25, 0.3) is 0 Å². The van der Waals surface area contributed by atoms with Crippen LogP contribution in [0.25, 0.3) is 5.69 Å². The summed E-state index contributed by atoms with van der Waals surface area (Å²) in [6.07, 6.45) is 3.48. The highest BCUT2D eigenvalue weighted by atomic mass is 32.1. The van der Waals surface area contributed by atoms with Gasteiger partial charge >= 0.3 is 0 Å². The van der Waals surface area contributed by atoms with Gasteiger partial charge in [-0.15, -0.1) is 0 Å². The summed E-state index contributed by atoms with van der Waals surface area (Å²) in [5, 5.41) is 3.27. The highest BCUT2D eigenvalue weighted by Crippen LogP contribution is 2.14. The third kappa shape index (κ3) is 2.83. The number of nitrogens with zero attached hydrogens (tertiary/aromatic N) is 3. The van der Waals surface area contributed by atoms with Crippen molar-refractivity contribution in [2.75, 3.05) is 0 Å². The van der Waals surface area contributed by atoms with Gasteiger partial charge in [0.2, 0.25) is 0 Å². The van der Waals surface area contributed by atoms with Gasteiger partial charge < -0.3 is 0 Å². The Kier molecular flexibility index (Phi) is 3.75. The molecule has 0 aliphatic rings. The fourth-order valence-corrected chi connectivity index (χ4v) is 2.39. The molecule has 0 aliphatic carbocycles. The first-order valence-electron chi connectivity index (χ1n) is 6.58. The summed E-state index contributed by atoms with van der Waals surface area (Å²) in [6, 6.07) is 15.6. The highest BCUT2D eigenvalue weighted by molar-refractivity contribution is 7.71. The molecule has 1 N–H and O–H groups in total. The maximum atomic E-state index is 5.53. The first-order chi connectivity index (χ1) is 10.3. The molecule has 0 amide bonds. The number of pyridine rings is 1. The van der Waals surface area contributed by atoms with E-state index >= 15 is 0 Å². The second-order valence-electron chi connectivity index (χ2n) is 4.57. The van der Waals surface area contributed by atoms with Gasteiger partial charge in [0.1, 0.15) is 4.64 Å². The minimum absolute atomic E-state index is 0.666. The molecule has 5 heteroatoms. The third-order valence-corrected chi connectivity index (χ3v) is 3.51. The van der Waals surface area contributed by atoms with Gasteiger partial charge in [0, 0.05) is 18.1 Å². The molecule has 0 spiro atoms. The molecule has 0 unspecified atom stereocenters. The number of hydrogen-bond donors (Lipinski definition) is 1. The Labute approximate surface area is 127 Å². The van der Waals surface area contributed by atoms with Crippen molar-refractivity contribution in [3.05, 3.63) is 70.6 Å². The van der Waals surface area contributed by atoms with E-state index in [-0.39, 0.29) is 0 Å². The number of benzene rings is 1. The summed E-state index contributed by atoms with van der Waals surface area (Å²) in [5.41, 5.74) is 2.88. The van der Waals surface area contributed by atoms with E-state index in [4.69, 9.17) is 12.2 Å². The Morgan fingerprint density at radius 3 is 2.62 bits per heavy atom. The van der Waals surface area contributed by atoms with Gasteiger partial charge in [0.15, 0.2) is 5.82 Å². The zero-order chi connectivity index (χ0) is 14.7. The van der Waals surface area contributed by atoms with Crippen LogP contribution in [-0.2, 0) is 0 Å². The molecule has 2 heterocycles. The molecule has 0 radical (unpaired) electrons. The largest absolute Gasteiger partial charge is 0.297 e. The van der Waals surface area contributed by atoms with Crippen LogP contribution < -0.4 is 0 Å². The number of para-hydroxylation sites is 1. The molecule has 0 saturated heterocycles. The van der Waals surface area contributed by atoms with E-state index in [2.05, 4.69) is 15.1 Å². The molecule has 0 atom stereocenters. The third-order valence-electron chi connectivity index (χ3n) is 3.11. The molecule has 0 fully saturated rings. The molecule has 1 aromatic carbocycles. The van der Waals surface area contributed by atoms with Crippen LogP contribution in [0.2, 0.25) is 0 Å². The maximum absolute atomic E-state index is 5.53. The Morgan fingerprint density at radius 1 is 1.14 bits per heavy atom. The van der Waals surface area contributed by atoms with E-state index in [1.165, 1.54) is 0 Å². The van der Waals surface area contributed by atoms with Crippen molar-refractivity contribution in [3.8, 4) is 5.69 Å². The molecule has 0 aliphatic heterocycles. The maximum Gasteiger partial charge on any atom is 0.151 e. The van der Waals surface area contributed by atoms with Crippen molar-refractivity contribution >= 4 is 24.3 Å². The number of hydrogen-bond acceptors (Lipinski definition) is 3. The first kappa shape index (κ1) is 13.5. The van der Waals surface area contributed by atoms with E-state index < -0.39 is 0 Å². The van der Waals surface area contributed by atoms with Crippen LogP contribution in [0, 0.1) is 11.6 Å². The van der Waals surface area contributed by atoms with E-state index in [0.29, 0.717) is 10.5 Å². The summed E-state index contributed by atoms with van der Waals surface area (Å²) >= 11 is 5.53. The lowest BCUT2D eigenvalue weighted by Crippen LogP contribution is -1.95. The van der Waals surface area contributed by atoms with Crippen molar-refractivity contribution in [1.82, 2.24) is 14.8 Å².